The van der Waals surface area contributed by atoms with Crippen LogP contribution < -0.4 is 5.32 Å². The first-order valence-electron chi connectivity index (χ1n) is 7.25. The molecule has 1 aromatic carbocycles. The van der Waals surface area contributed by atoms with Crippen molar-refractivity contribution in [3.05, 3.63) is 35.2 Å². The number of thiophene rings is 1. The number of nitrogens with zero attached hydrogens (tertiary/aromatic N) is 1. The number of carbonyl (C=O) groups excluding carboxylic acids is 1. The summed E-state index contributed by atoms with van der Waals surface area (Å²) in [4.78, 5) is 15.5. The zero-order chi connectivity index (χ0) is 13.9. The van der Waals surface area contributed by atoms with Gasteiger partial charge in [-0.2, -0.15) is 0 Å². The van der Waals surface area contributed by atoms with Gasteiger partial charge >= 0.3 is 0 Å². The molecule has 106 valence electrons. The summed E-state index contributed by atoms with van der Waals surface area (Å²) in [5, 5.41) is 4.21. The summed E-state index contributed by atoms with van der Waals surface area (Å²) in [7, 11) is 0. The molecule has 1 N–H and O–H groups in total. The number of likely N-dealkylation sites (tertiary alicyclic amines) is 1. The van der Waals surface area contributed by atoms with Gasteiger partial charge in [-0.3, -0.25) is 9.69 Å². The van der Waals surface area contributed by atoms with E-state index in [-0.39, 0.29) is 5.91 Å². The molecule has 20 heavy (non-hydrogen) atoms. The van der Waals surface area contributed by atoms with Crippen LogP contribution >= 0.6 is 11.3 Å². The third kappa shape index (κ3) is 2.86. The number of fused-ring (bicyclic) bond motifs is 1. The van der Waals surface area contributed by atoms with E-state index in [0.717, 1.165) is 16.8 Å². The van der Waals surface area contributed by atoms with Gasteiger partial charge in [-0.15, -0.1) is 11.3 Å². The van der Waals surface area contributed by atoms with Crippen LogP contribution in [0.25, 0.3) is 10.1 Å². The van der Waals surface area contributed by atoms with E-state index in [9.17, 15) is 4.79 Å². The van der Waals surface area contributed by atoms with Crippen molar-refractivity contribution in [2.75, 3.05) is 19.6 Å². The number of benzene rings is 1. The summed E-state index contributed by atoms with van der Waals surface area (Å²) >= 11 is 1.56. The van der Waals surface area contributed by atoms with Crippen LogP contribution in [0.15, 0.2) is 30.3 Å². The fourth-order valence-corrected chi connectivity index (χ4v) is 3.71. The average Bonchev–Trinajstić information content (AvgIpc) is 3.12. The Morgan fingerprint density at radius 3 is 2.85 bits per heavy atom. The number of hydrogen-bond donors (Lipinski definition) is 1. The first kappa shape index (κ1) is 13.6. The van der Waals surface area contributed by atoms with Gasteiger partial charge in [0.05, 0.1) is 4.88 Å². The average molecular weight is 288 g/mol. The molecule has 0 spiro atoms. The van der Waals surface area contributed by atoms with Crippen LogP contribution in [0.2, 0.25) is 0 Å². The van der Waals surface area contributed by atoms with Gasteiger partial charge < -0.3 is 5.32 Å². The standard InChI is InChI=1S/C16H20N2OS/c1-12(18-8-4-5-9-18)11-17-16(19)15-10-13-6-2-3-7-14(13)20-15/h2-3,6-7,10,12H,4-5,8-9,11H2,1H3,(H,17,19). The number of nitrogens with one attached hydrogen (secondary N) is 1. The minimum atomic E-state index is 0.0530. The third-order valence-corrected chi connectivity index (χ3v) is 5.09. The lowest BCUT2D eigenvalue weighted by Crippen LogP contribution is -2.40. The molecule has 2 heterocycles. The monoisotopic (exact) mass is 288 g/mol. The van der Waals surface area contributed by atoms with Gasteiger partial charge in [-0.1, -0.05) is 18.2 Å². The van der Waals surface area contributed by atoms with Gasteiger partial charge in [-0.05, 0) is 50.4 Å². The Hall–Kier alpha value is -1.39. The van der Waals surface area contributed by atoms with Gasteiger partial charge in [-0.25, -0.2) is 0 Å². The Bertz CT molecular complexity index is 568. The van der Waals surface area contributed by atoms with Gasteiger partial charge in [0.25, 0.3) is 5.91 Å². The lowest BCUT2D eigenvalue weighted by atomic mass is 10.2. The zero-order valence-electron chi connectivity index (χ0n) is 11.8. The van der Waals surface area contributed by atoms with Crippen LogP contribution in [-0.4, -0.2) is 36.5 Å². The van der Waals surface area contributed by atoms with Crippen LogP contribution in [0.4, 0.5) is 0 Å². The Balaban J connectivity index is 1.61. The molecule has 1 fully saturated rings. The summed E-state index contributed by atoms with van der Waals surface area (Å²) < 4.78 is 1.17. The molecule has 1 atom stereocenters. The summed E-state index contributed by atoms with van der Waals surface area (Å²) in [6, 6.07) is 10.5. The van der Waals surface area contributed by atoms with E-state index in [1.54, 1.807) is 11.3 Å². The van der Waals surface area contributed by atoms with E-state index in [2.05, 4.69) is 29.3 Å². The van der Waals surface area contributed by atoms with Crippen LogP contribution in [0, 0.1) is 0 Å². The first-order valence-corrected chi connectivity index (χ1v) is 8.06. The molecule has 1 aliphatic heterocycles. The number of rotatable bonds is 4. The van der Waals surface area contributed by atoms with E-state index in [1.165, 1.54) is 30.6 Å². The van der Waals surface area contributed by atoms with Crippen molar-refractivity contribution < 1.29 is 4.79 Å². The predicted octanol–water partition coefficient (Wildman–Crippen LogP) is 3.12. The molecule has 3 nitrogen and oxygen atoms in total. The van der Waals surface area contributed by atoms with Crippen molar-refractivity contribution in [2.45, 2.75) is 25.8 Å². The second-order valence-corrected chi connectivity index (χ2v) is 6.53. The van der Waals surface area contributed by atoms with Crippen LogP contribution in [-0.2, 0) is 0 Å². The Labute approximate surface area is 123 Å². The quantitative estimate of drug-likeness (QED) is 0.937. The van der Waals surface area contributed by atoms with Gasteiger partial charge in [0.15, 0.2) is 0 Å². The highest BCUT2D eigenvalue weighted by Gasteiger charge is 2.19. The van der Waals surface area contributed by atoms with E-state index < -0.39 is 0 Å². The van der Waals surface area contributed by atoms with Gasteiger partial charge in [0.1, 0.15) is 0 Å². The van der Waals surface area contributed by atoms with Crippen LogP contribution in [0.3, 0.4) is 0 Å². The maximum atomic E-state index is 12.2. The molecule has 1 unspecified atom stereocenters. The van der Waals surface area contributed by atoms with E-state index >= 15 is 0 Å². The highest BCUT2D eigenvalue weighted by molar-refractivity contribution is 7.20. The lowest BCUT2D eigenvalue weighted by molar-refractivity contribution is 0.0944. The Morgan fingerprint density at radius 1 is 1.35 bits per heavy atom. The third-order valence-electron chi connectivity index (χ3n) is 3.97. The van der Waals surface area contributed by atoms with E-state index in [4.69, 9.17) is 0 Å². The largest absolute Gasteiger partial charge is 0.350 e. The molecule has 4 heteroatoms. The molecule has 0 bridgehead atoms. The second kappa shape index (κ2) is 5.94. The molecule has 0 saturated carbocycles. The van der Waals surface area contributed by atoms with Crippen LogP contribution in [0.5, 0.6) is 0 Å². The molecule has 0 aliphatic carbocycles. The molecule has 1 amide bonds. The van der Waals surface area contributed by atoms with E-state index in [1.807, 2.05) is 18.2 Å². The maximum Gasteiger partial charge on any atom is 0.261 e. The maximum absolute atomic E-state index is 12.2. The van der Waals surface area contributed by atoms with Crippen molar-refractivity contribution in [1.82, 2.24) is 10.2 Å². The SMILES string of the molecule is CC(CNC(=O)c1cc2ccccc2s1)N1CCCC1. The van der Waals surface area contributed by atoms with E-state index in [0.29, 0.717) is 6.04 Å². The molecule has 2 aromatic rings. The Kier molecular flexibility index (Phi) is 4.03. The topological polar surface area (TPSA) is 32.3 Å². The highest BCUT2D eigenvalue weighted by atomic mass is 32.1. The second-order valence-electron chi connectivity index (χ2n) is 5.45. The smallest absolute Gasteiger partial charge is 0.261 e. The van der Waals surface area contributed by atoms with Gasteiger partial charge in [0.2, 0.25) is 0 Å². The van der Waals surface area contributed by atoms with Crippen molar-refractivity contribution in [1.29, 1.82) is 0 Å². The first-order chi connectivity index (χ1) is 9.74. The summed E-state index contributed by atoms with van der Waals surface area (Å²) in [6.07, 6.45) is 2.57. The minimum absolute atomic E-state index is 0.0530. The van der Waals surface area contributed by atoms with Crippen molar-refractivity contribution in [3.8, 4) is 0 Å². The summed E-state index contributed by atoms with van der Waals surface area (Å²) in [6.45, 7) is 5.25. The van der Waals surface area contributed by atoms with Crippen molar-refractivity contribution in [2.24, 2.45) is 0 Å². The molecule has 1 aliphatic rings. The lowest BCUT2D eigenvalue weighted by Gasteiger charge is -2.23. The fourth-order valence-electron chi connectivity index (χ4n) is 2.73. The number of hydrogen-bond acceptors (Lipinski definition) is 3. The number of carbonyl (C=O) groups is 1. The summed E-state index contributed by atoms with van der Waals surface area (Å²) in [5.74, 6) is 0.0530. The molecule has 1 saturated heterocycles. The normalized spacial score (nSPS) is 17.4. The van der Waals surface area contributed by atoms with Gasteiger partial charge in [0, 0.05) is 17.3 Å². The highest BCUT2D eigenvalue weighted by Crippen LogP contribution is 2.25. The number of amides is 1. The molecule has 0 radical (unpaired) electrons. The summed E-state index contributed by atoms with van der Waals surface area (Å²) in [5.41, 5.74) is 0. The van der Waals surface area contributed by atoms with Crippen LogP contribution in [0.1, 0.15) is 29.4 Å². The van der Waals surface area contributed by atoms with Crippen molar-refractivity contribution in [3.63, 3.8) is 0 Å². The minimum Gasteiger partial charge on any atom is -0.350 e. The zero-order valence-corrected chi connectivity index (χ0v) is 12.6. The molecule has 1 aromatic heterocycles. The molecule has 3 rings (SSSR count). The fraction of sp³-hybridized carbons (Fsp3) is 0.438. The predicted molar refractivity (Wildman–Crippen MR) is 84.4 cm³/mol. The molecular weight excluding hydrogens is 268 g/mol. The van der Waals surface area contributed by atoms with Crippen molar-refractivity contribution >= 4 is 27.3 Å². The molecular formula is C16H20N2OS. The Morgan fingerprint density at radius 2 is 2.10 bits per heavy atom.